The van der Waals surface area contributed by atoms with Crippen LogP contribution in [0, 0.1) is 10.1 Å². The summed E-state index contributed by atoms with van der Waals surface area (Å²) in [5.41, 5.74) is 6.90. The van der Waals surface area contributed by atoms with Crippen LogP contribution >= 0.6 is 0 Å². The zero-order chi connectivity index (χ0) is 15.0. The molecule has 0 bridgehead atoms. The van der Waals surface area contributed by atoms with Crippen molar-refractivity contribution in [3.05, 3.63) is 62.8 Å². The first kappa shape index (κ1) is 12.9. The highest BCUT2D eigenvalue weighted by Gasteiger charge is 2.14. The molecular weight excluding hydrogens is 276 g/mol. The minimum absolute atomic E-state index is 0.105. The molecule has 8 heteroatoms. The number of hydrogen-bond acceptors (Lipinski definition) is 6. The van der Waals surface area contributed by atoms with Gasteiger partial charge in [0, 0.05) is 18.3 Å². The van der Waals surface area contributed by atoms with E-state index in [4.69, 9.17) is 10.2 Å². The highest BCUT2D eigenvalue weighted by molar-refractivity contribution is 5.76. The molecule has 0 aliphatic rings. The van der Waals surface area contributed by atoms with Gasteiger partial charge in [0.25, 0.3) is 5.69 Å². The molecule has 2 heterocycles. The number of nitro groups is 1. The smallest absolute Gasteiger partial charge is 0.408 e. The van der Waals surface area contributed by atoms with E-state index in [9.17, 15) is 14.9 Å². The highest BCUT2D eigenvalue weighted by atomic mass is 16.6. The second kappa shape index (κ2) is 4.75. The normalized spacial score (nSPS) is 10.9. The van der Waals surface area contributed by atoms with Crippen molar-refractivity contribution in [3.63, 3.8) is 0 Å². The molecule has 0 radical (unpaired) electrons. The zero-order valence-electron chi connectivity index (χ0n) is 10.7. The summed E-state index contributed by atoms with van der Waals surface area (Å²) in [6.45, 7) is 0.194. The van der Waals surface area contributed by atoms with Crippen LogP contribution < -0.4 is 11.5 Å². The zero-order valence-corrected chi connectivity index (χ0v) is 10.7. The molecule has 0 aliphatic heterocycles. The maximum atomic E-state index is 11.9. The summed E-state index contributed by atoms with van der Waals surface area (Å²) in [5.74, 6) is -0.250. The van der Waals surface area contributed by atoms with Crippen LogP contribution in [0.5, 0.6) is 0 Å². The van der Waals surface area contributed by atoms with E-state index >= 15 is 0 Å². The Morgan fingerprint density at radius 2 is 2.14 bits per heavy atom. The molecule has 2 N–H and O–H groups in total. The summed E-state index contributed by atoms with van der Waals surface area (Å²) in [4.78, 5) is 26.1. The quantitative estimate of drug-likeness (QED) is 0.576. The molecule has 1 aromatic carbocycles. The minimum Gasteiger partial charge on any atom is -0.408 e. The van der Waals surface area contributed by atoms with Crippen LogP contribution in [0.3, 0.4) is 0 Å². The summed E-state index contributed by atoms with van der Waals surface area (Å²) in [6.07, 6.45) is 1.53. The Morgan fingerprint density at radius 3 is 2.86 bits per heavy atom. The molecule has 21 heavy (non-hydrogen) atoms. The van der Waals surface area contributed by atoms with Gasteiger partial charge < -0.3 is 10.2 Å². The van der Waals surface area contributed by atoms with E-state index in [1.165, 1.54) is 29.0 Å². The maximum absolute atomic E-state index is 11.9. The van der Waals surface area contributed by atoms with Crippen molar-refractivity contribution in [2.75, 3.05) is 5.73 Å². The number of rotatable bonds is 3. The van der Waals surface area contributed by atoms with Crippen LogP contribution in [0.2, 0.25) is 0 Å². The van der Waals surface area contributed by atoms with Gasteiger partial charge in [-0.1, -0.05) is 0 Å². The van der Waals surface area contributed by atoms with Crippen LogP contribution in [-0.4, -0.2) is 14.5 Å². The summed E-state index contributed by atoms with van der Waals surface area (Å²) >= 11 is 0. The summed E-state index contributed by atoms with van der Waals surface area (Å²) in [7, 11) is 0. The molecule has 0 saturated heterocycles. The van der Waals surface area contributed by atoms with Crippen molar-refractivity contribution in [1.29, 1.82) is 0 Å². The first-order valence-electron chi connectivity index (χ1n) is 6.03. The van der Waals surface area contributed by atoms with Crippen LogP contribution in [0.4, 0.5) is 11.5 Å². The van der Waals surface area contributed by atoms with Crippen molar-refractivity contribution >= 4 is 22.6 Å². The lowest BCUT2D eigenvalue weighted by atomic mass is 10.2. The molecule has 0 amide bonds. The van der Waals surface area contributed by atoms with Gasteiger partial charge in [0.1, 0.15) is 5.82 Å². The van der Waals surface area contributed by atoms with Crippen LogP contribution in [0.15, 0.2) is 45.7 Å². The molecule has 0 aliphatic carbocycles. The van der Waals surface area contributed by atoms with Gasteiger partial charge in [0.15, 0.2) is 5.58 Å². The lowest BCUT2D eigenvalue weighted by molar-refractivity contribution is -0.384. The van der Waals surface area contributed by atoms with E-state index in [0.717, 1.165) is 5.56 Å². The number of non-ortho nitro benzene ring substituents is 1. The molecule has 8 nitrogen and oxygen atoms in total. The number of fused-ring (bicyclic) bond motifs is 1. The number of anilines is 1. The van der Waals surface area contributed by atoms with Gasteiger partial charge in [-0.25, -0.2) is 9.78 Å². The third-order valence-corrected chi connectivity index (χ3v) is 3.05. The SMILES string of the molecule is Nc1cc(Cn2c(=O)oc3ccc([N+](=O)[O-])cc32)ccn1. The predicted molar refractivity (Wildman–Crippen MR) is 74.9 cm³/mol. The van der Waals surface area contributed by atoms with E-state index < -0.39 is 10.7 Å². The first-order valence-corrected chi connectivity index (χ1v) is 6.03. The van der Waals surface area contributed by atoms with Gasteiger partial charge >= 0.3 is 5.76 Å². The first-order chi connectivity index (χ1) is 10.0. The van der Waals surface area contributed by atoms with Crippen LogP contribution in [-0.2, 0) is 6.54 Å². The highest BCUT2D eigenvalue weighted by Crippen LogP contribution is 2.20. The molecule has 0 atom stereocenters. The Labute approximate surface area is 117 Å². The average molecular weight is 286 g/mol. The van der Waals surface area contributed by atoms with Crippen molar-refractivity contribution in [3.8, 4) is 0 Å². The fourth-order valence-electron chi connectivity index (χ4n) is 2.09. The average Bonchev–Trinajstić information content (AvgIpc) is 2.74. The third kappa shape index (κ3) is 2.34. The van der Waals surface area contributed by atoms with Crippen molar-refractivity contribution in [1.82, 2.24) is 9.55 Å². The monoisotopic (exact) mass is 286 g/mol. The molecule has 106 valence electrons. The number of aromatic nitrogens is 2. The van der Waals surface area contributed by atoms with Crippen molar-refractivity contribution in [2.24, 2.45) is 0 Å². The number of nitrogen functional groups attached to an aromatic ring is 1. The Bertz CT molecular complexity index is 897. The Balaban J connectivity index is 2.12. The summed E-state index contributed by atoms with van der Waals surface area (Å²) in [5, 5.41) is 10.8. The van der Waals surface area contributed by atoms with E-state index in [0.29, 0.717) is 16.9 Å². The predicted octanol–water partition coefficient (Wildman–Crippen LogP) is 1.53. The van der Waals surface area contributed by atoms with Gasteiger partial charge in [-0.15, -0.1) is 0 Å². The number of benzene rings is 1. The fraction of sp³-hybridized carbons (Fsp3) is 0.0769. The number of pyridine rings is 1. The van der Waals surface area contributed by atoms with Crippen LogP contribution in [0.25, 0.3) is 11.1 Å². The minimum atomic E-state index is -0.583. The topological polar surface area (TPSA) is 117 Å². The molecule has 0 saturated carbocycles. The Kier molecular flexibility index (Phi) is 2.90. The number of hydrogen-bond donors (Lipinski definition) is 1. The molecule has 2 aromatic heterocycles. The van der Waals surface area contributed by atoms with Crippen molar-refractivity contribution in [2.45, 2.75) is 6.54 Å². The van der Waals surface area contributed by atoms with Gasteiger partial charge in [-0.2, -0.15) is 0 Å². The molecular formula is C13H10N4O4. The van der Waals surface area contributed by atoms with E-state index in [-0.39, 0.29) is 12.2 Å². The van der Waals surface area contributed by atoms with Gasteiger partial charge in [-0.3, -0.25) is 14.7 Å². The maximum Gasteiger partial charge on any atom is 0.420 e. The number of oxazole rings is 1. The van der Waals surface area contributed by atoms with E-state index in [1.54, 1.807) is 12.1 Å². The Hall–Kier alpha value is -3.16. The number of nitrogens with zero attached hydrogens (tertiary/aromatic N) is 3. The Morgan fingerprint density at radius 1 is 1.33 bits per heavy atom. The molecule has 3 aromatic rings. The van der Waals surface area contributed by atoms with E-state index in [1.807, 2.05) is 0 Å². The molecule has 0 spiro atoms. The lowest BCUT2D eigenvalue weighted by Gasteiger charge is -2.03. The van der Waals surface area contributed by atoms with Crippen molar-refractivity contribution < 1.29 is 9.34 Å². The van der Waals surface area contributed by atoms with Gasteiger partial charge in [0.05, 0.1) is 17.0 Å². The largest absolute Gasteiger partial charge is 0.420 e. The molecule has 0 fully saturated rings. The summed E-state index contributed by atoms with van der Waals surface area (Å²) < 4.78 is 6.39. The second-order valence-electron chi connectivity index (χ2n) is 4.45. The van der Waals surface area contributed by atoms with Crippen LogP contribution in [0.1, 0.15) is 5.56 Å². The lowest BCUT2D eigenvalue weighted by Crippen LogP contribution is -2.15. The van der Waals surface area contributed by atoms with Gasteiger partial charge in [-0.05, 0) is 23.8 Å². The van der Waals surface area contributed by atoms with Gasteiger partial charge in [0.2, 0.25) is 0 Å². The number of nitro benzene ring substituents is 1. The molecule has 3 rings (SSSR count). The fourth-order valence-corrected chi connectivity index (χ4v) is 2.09. The summed E-state index contributed by atoms with van der Waals surface area (Å²) in [6, 6.07) is 7.35. The standard InChI is InChI=1S/C13H10N4O4/c14-12-5-8(3-4-15-12)7-16-10-6-9(17(19)20)1-2-11(10)21-13(16)18/h1-6H,7H2,(H2,14,15). The second-order valence-corrected chi connectivity index (χ2v) is 4.45. The number of nitrogens with two attached hydrogens (primary N) is 1. The molecule has 0 unspecified atom stereocenters. The van der Waals surface area contributed by atoms with E-state index in [2.05, 4.69) is 4.98 Å². The third-order valence-electron chi connectivity index (χ3n) is 3.05.